The van der Waals surface area contributed by atoms with Gasteiger partial charge in [0.05, 0.1) is 24.8 Å². The van der Waals surface area contributed by atoms with Crippen LogP contribution in [0.5, 0.6) is 11.6 Å². The maximum Gasteiger partial charge on any atom is 0.324 e. The number of hydrogen-bond donors (Lipinski definition) is 3. The Hall–Kier alpha value is -4.24. The van der Waals surface area contributed by atoms with E-state index in [1.807, 2.05) is 72.8 Å². The van der Waals surface area contributed by atoms with E-state index in [1.54, 1.807) is 24.3 Å². The molecule has 15 heteroatoms. The number of pyridine rings is 1. The molecule has 0 bridgehead atoms. The number of benzene rings is 1. The smallest absolute Gasteiger partial charge is 0.324 e. The third-order valence-electron chi connectivity index (χ3n) is 11.6. The number of aromatic nitrogens is 2. The van der Waals surface area contributed by atoms with Crippen molar-refractivity contribution in [2.45, 2.75) is 103 Å². The number of aliphatic hydroxyl groups excluding tert-OH is 1. The van der Waals surface area contributed by atoms with Crippen molar-refractivity contribution in [3.05, 3.63) is 63.5 Å². The van der Waals surface area contributed by atoms with E-state index >= 15 is 9.59 Å². The topological polar surface area (TPSA) is 165 Å². The van der Waals surface area contributed by atoms with E-state index < -0.39 is 54.4 Å². The van der Waals surface area contributed by atoms with Crippen molar-refractivity contribution in [1.29, 1.82) is 0 Å². The Morgan fingerprint density at radius 1 is 1.04 bits per heavy atom. The number of amides is 2. The van der Waals surface area contributed by atoms with Gasteiger partial charge in [-0.25, -0.2) is 9.78 Å². The van der Waals surface area contributed by atoms with Gasteiger partial charge in [-0.15, -0.1) is 0 Å². The molecule has 3 aliphatic carbocycles. The fourth-order valence-corrected chi connectivity index (χ4v) is 9.48. The van der Waals surface area contributed by atoms with E-state index in [0.717, 1.165) is 19.3 Å². The fourth-order valence-electron chi connectivity index (χ4n) is 7.78. The summed E-state index contributed by atoms with van der Waals surface area (Å²) in [6, 6.07) is 7.68. The van der Waals surface area contributed by atoms with Crippen LogP contribution in [0.2, 0.25) is 23.3 Å². The van der Waals surface area contributed by atoms with Gasteiger partial charge in [-0.3, -0.25) is 19.8 Å². The van der Waals surface area contributed by atoms with E-state index in [0.29, 0.717) is 30.0 Å². The minimum absolute atomic E-state index is 0.0260. The van der Waals surface area contributed by atoms with Crippen LogP contribution in [-0.2, 0) is 15.6 Å². The summed E-state index contributed by atoms with van der Waals surface area (Å²) in [6.07, 6.45) is 3.55. The number of anilines is 2. The number of para-hydroxylation sites is 1. The number of fused-ring (bicyclic) bond motifs is 4. The van der Waals surface area contributed by atoms with Crippen LogP contribution in [-0.4, -0.2) is 79.0 Å². The second-order valence-corrected chi connectivity index (χ2v) is 21.8. The van der Waals surface area contributed by atoms with Gasteiger partial charge in [-0.1, -0.05) is 77.3 Å². The van der Waals surface area contributed by atoms with Crippen molar-refractivity contribution in [2.75, 3.05) is 37.9 Å². The molecule has 1 saturated carbocycles. The Balaban J connectivity index is 1.55. The molecule has 0 unspecified atom stereocenters. The maximum atomic E-state index is 15.7. The van der Waals surface area contributed by atoms with Crippen LogP contribution in [0.1, 0.15) is 100 Å². The molecule has 3 N–H and O–H groups in total. The first kappa shape index (κ1) is 41.4. The Labute approximate surface area is 334 Å². The Morgan fingerprint density at radius 3 is 2.32 bits per heavy atom. The predicted octanol–water partition coefficient (Wildman–Crippen LogP) is 9.02. The van der Waals surface area contributed by atoms with Crippen molar-refractivity contribution in [3.8, 4) is 11.6 Å². The number of rotatable bonds is 13. The molecule has 13 nitrogen and oxygen atoms in total. The van der Waals surface area contributed by atoms with E-state index in [4.69, 9.17) is 30.0 Å². The summed E-state index contributed by atoms with van der Waals surface area (Å²) >= 11 is 6.91. The van der Waals surface area contributed by atoms with Gasteiger partial charge in [-0.05, 0) is 81.1 Å². The van der Waals surface area contributed by atoms with Gasteiger partial charge in [0.25, 0.3) is 5.88 Å². The molecule has 2 heterocycles. The number of hydrogen-bond acceptors (Lipinski definition) is 11. The number of nitrogens with one attached hydrogen (secondary N) is 2. The number of carbonyl (C=O) groups excluding carboxylic acids is 3. The van der Waals surface area contributed by atoms with Crippen LogP contribution >= 0.6 is 11.6 Å². The standard InChI is InChI=1S/C41H54ClN5O8Si/c1-10-12-19-52-33-28-25(36(42)44-37(33)45-39(51)43-24-17-15-14-16-18-24)21-23-22-26-30(47(6)7)32-29(38(46-54-32)53-20-13-11-2)35(50)41(26,34(49)27(23)31(28)48)55-56(8,9)40(3,4)5/h14-18,23,26,30,48H,10-13,19-22H2,1-9H3,(H2,43,44,45,51)/t23-,26-,30-,41-/m0/s1. The predicted molar refractivity (Wildman–Crippen MR) is 217 cm³/mol. The van der Waals surface area contributed by atoms with E-state index in [9.17, 15) is 9.90 Å². The van der Waals surface area contributed by atoms with Crippen LogP contribution in [0.25, 0.3) is 5.76 Å². The minimum Gasteiger partial charge on any atom is -0.507 e. The summed E-state index contributed by atoms with van der Waals surface area (Å²) in [5.74, 6) is -2.50. The average molecular weight is 808 g/mol. The van der Waals surface area contributed by atoms with Crippen molar-refractivity contribution in [3.63, 3.8) is 0 Å². The number of unbranched alkanes of at least 4 members (excludes halogenated alkanes) is 2. The molecule has 2 amide bonds. The number of ether oxygens (including phenoxy) is 2. The van der Waals surface area contributed by atoms with Gasteiger partial charge in [-0.2, -0.15) is 0 Å². The highest BCUT2D eigenvalue weighted by Gasteiger charge is 2.69. The molecule has 0 aliphatic heterocycles. The first-order valence-electron chi connectivity index (χ1n) is 19.5. The van der Waals surface area contributed by atoms with Crippen LogP contribution in [0.3, 0.4) is 0 Å². The quantitative estimate of drug-likeness (QED) is 0.0653. The minimum atomic E-state index is -2.93. The first-order valence-corrected chi connectivity index (χ1v) is 22.8. The molecule has 1 fully saturated rings. The summed E-state index contributed by atoms with van der Waals surface area (Å²) < 4.78 is 25.5. The molecule has 1 aromatic carbocycles. The Bertz CT molecular complexity index is 2030. The van der Waals surface area contributed by atoms with Crippen molar-refractivity contribution in [1.82, 2.24) is 15.0 Å². The number of urea groups is 1. The third-order valence-corrected chi connectivity index (χ3v) is 16.4. The number of halogens is 1. The average Bonchev–Trinajstić information content (AvgIpc) is 3.54. The molecule has 56 heavy (non-hydrogen) atoms. The molecular formula is C41H54ClN5O8Si. The third kappa shape index (κ3) is 7.25. The van der Waals surface area contributed by atoms with Crippen LogP contribution in [0.15, 0.2) is 40.4 Å². The number of Topliss-reactive ketones (excluding diaryl/α,β-unsaturated/α-hetero) is 2. The number of aliphatic hydroxyl groups is 1. The largest absolute Gasteiger partial charge is 0.507 e. The number of ketones is 2. The van der Waals surface area contributed by atoms with Crippen LogP contribution in [0.4, 0.5) is 16.3 Å². The highest BCUT2D eigenvalue weighted by Crippen LogP contribution is 2.59. The van der Waals surface area contributed by atoms with Gasteiger partial charge >= 0.3 is 6.03 Å². The normalized spacial score (nSPS) is 21.9. The van der Waals surface area contributed by atoms with E-state index in [1.165, 1.54) is 0 Å². The van der Waals surface area contributed by atoms with Crippen LogP contribution in [0, 0.1) is 11.8 Å². The van der Waals surface area contributed by atoms with Crippen molar-refractivity contribution < 1.29 is 37.9 Å². The van der Waals surface area contributed by atoms with E-state index in [-0.39, 0.29) is 64.5 Å². The van der Waals surface area contributed by atoms with Gasteiger partial charge < -0.3 is 28.8 Å². The molecule has 0 radical (unpaired) electrons. The van der Waals surface area contributed by atoms with Crippen molar-refractivity contribution in [2.24, 2.45) is 11.8 Å². The lowest BCUT2D eigenvalue weighted by Crippen LogP contribution is -2.68. The molecule has 6 rings (SSSR count). The molecular weight excluding hydrogens is 754 g/mol. The summed E-state index contributed by atoms with van der Waals surface area (Å²) in [7, 11) is 0.813. The molecule has 0 spiro atoms. The van der Waals surface area contributed by atoms with E-state index in [2.05, 4.69) is 20.8 Å². The molecule has 0 saturated heterocycles. The zero-order valence-electron chi connectivity index (χ0n) is 33.8. The fraction of sp³-hybridized carbons (Fsp3) is 0.537. The summed E-state index contributed by atoms with van der Waals surface area (Å²) in [6.45, 7) is 14.7. The lowest BCUT2D eigenvalue weighted by atomic mass is 9.57. The second kappa shape index (κ2) is 16.0. The lowest BCUT2D eigenvalue weighted by molar-refractivity contribution is -0.140. The Kier molecular flexibility index (Phi) is 11.8. The lowest BCUT2D eigenvalue weighted by Gasteiger charge is -2.55. The highest BCUT2D eigenvalue weighted by atomic mass is 35.5. The molecule has 2 aromatic heterocycles. The van der Waals surface area contributed by atoms with Gasteiger partial charge in [0.1, 0.15) is 16.5 Å². The van der Waals surface area contributed by atoms with Gasteiger partial charge in [0, 0.05) is 22.7 Å². The summed E-state index contributed by atoms with van der Waals surface area (Å²) in [4.78, 5) is 50.8. The number of carbonyl (C=O) groups is 3. The zero-order valence-corrected chi connectivity index (χ0v) is 35.6. The SMILES string of the molecule is CCCCOc1noc2c1C(=O)[C@@]1(O[Si](C)(C)C(C)(C)C)C(=O)C3=C(O)c4c(c(Cl)nc(NC(=O)Nc5ccccc5)c4OCCCC)C[C@H]3C[C@H]1[C@@H]2N(C)C. The van der Waals surface area contributed by atoms with Gasteiger partial charge in [0.2, 0.25) is 11.6 Å². The Morgan fingerprint density at radius 2 is 1.70 bits per heavy atom. The zero-order chi connectivity index (χ0) is 40.7. The summed E-state index contributed by atoms with van der Waals surface area (Å²) in [5.41, 5.74) is -0.739. The maximum absolute atomic E-state index is 15.7. The summed E-state index contributed by atoms with van der Waals surface area (Å²) in [5, 5.41) is 21.9. The highest BCUT2D eigenvalue weighted by molar-refractivity contribution is 6.74. The molecule has 302 valence electrons. The molecule has 3 aromatic rings. The van der Waals surface area contributed by atoms with Gasteiger partial charge in [0.15, 0.2) is 31.2 Å². The first-order chi connectivity index (χ1) is 26.5. The van der Waals surface area contributed by atoms with Crippen molar-refractivity contribution >= 4 is 54.8 Å². The molecule has 3 aliphatic rings. The van der Waals surface area contributed by atoms with Crippen LogP contribution < -0.4 is 20.1 Å². The monoisotopic (exact) mass is 807 g/mol. The second-order valence-electron chi connectivity index (χ2n) is 16.7. The number of nitrogens with zero attached hydrogens (tertiary/aromatic N) is 3. The molecule has 4 atom stereocenters.